The number of carbonyl (C=O) groups is 2. The molecule has 0 spiro atoms. The number of carbonyl (C=O) groups excluding carboxylic acids is 2. The van der Waals surface area contributed by atoms with Crippen molar-refractivity contribution in [3.8, 4) is 0 Å². The monoisotopic (exact) mass is 359 g/mol. The summed E-state index contributed by atoms with van der Waals surface area (Å²) >= 11 is 0. The van der Waals surface area contributed by atoms with Gasteiger partial charge < -0.3 is 11.1 Å². The van der Waals surface area contributed by atoms with Crippen LogP contribution in [0, 0.1) is 5.92 Å². The molecule has 0 aliphatic heterocycles. The van der Waals surface area contributed by atoms with Crippen molar-refractivity contribution < 1.29 is 9.59 Å². The van der Waals surface area contributed by atoms with E-state index in [-0.39, 0.29) is 6.03 Å². The molecule has 2 heterocycles. The molecule has 2 amide bonds. The number of rotatable bonds is 2. The molecular weight excluding hydrogens is 340 g/mol. The molecule has 0 unspecified atom stereocenters. The largest absolute Gasteiger partial charge is 0.351 e. The summed E-state index contributed by atoms with van der Waals surface area (Å²) in [6.07, 6.45) is 3.59. The Morgan fingerprint density at radius 2 is 1.33 bits per heavy atom. The number of para-hydroxylation sites is 2. The lowest BCUT2D eigenvalue weighted by Crippen LogP contribution is -2.23. The predicted molar refractivity (Wildman–Crippen MR) is 106 cm³/mol. The van der Waals surface area contributed by atoms with Gasteiger partial charge in [-0.05, 0) is 23.3 Å². The highest BCUT2D eigenvalue weighted by Crippen LogP contribution is 2.35. The molecule has 0 atom stereocenters. The van der Waals surface area contributed by atoms with E-state index in [2.05, 4.69) is 5.32 Å². The van der Waals surface area contributed by atoms with Crippen molar-refractivity contribution in [2.75, 3.05) is 7.05 Å². The number of amides is 2. The van der Waals surface area contributed by atoms with Crippen LogP contribution in [0.25, 0.3) is 21.8 Å². The second-order valence-electron chi connectivity index (χ2n) is 6.38. The number of aromatic nitrogens is 2. The standard InChI is InChI=1S/C21H19N4O2/c1-13(16-11-24(20(22)26)18-9-5-3-7-14(16)18)17-12-25(21(27)23-2)19-10-6-4-8-15(17)19/h3-12H,1-2H3,(H2,22,26)(H,23,27). The van der Waals surface area contributed by atoms with Crippen LogP contribution in [0.2, 0.25) is 0 Å². The minimum Gasteiger partial charge on any atom is -0.351 e. The number of primary amides is 1. The highest BCUT2D eigenvalue weighted by molar-refractivity contribution is 5.98. The lowest BCUT2D eigenvalue weighted by atomic mass is 9.92. The van der Waals surface area contributed by atoms with Crippen LogP contribution in [0.4, 0.5) is 9.59 Å². The third kappa shape index (κ3) is 2.57. The van der Waals surface area contributed by atoms with Crippen molar-refractivity contribution in [1.82, 2.24) is 14.5 Å². The Bertz CT molecular complexity index is 1190. The van der Waals surface area contributed by atoms with Crippen LogP contribution < -0.4 is 11.1 Å². The molecule has 0 bridgehead atoms. The Hall–Kier alpha value is -3.54. The number of nitrogens with two attached hydrogens (primary N) is 1. The number of fused-ring (bicyclic) bond motifs is 2. The molecule has 1 radical (unpaired) electrons. The Morgan fingerprint density at radius 3 is 1.85 bits per heavy atom. The highest BCUT2D eigenvalue weighted by Gasteiger charge is 2.22. The Labute approximate surface area is 156 Å². The Balaban J connectivity index is 1.94. The van der Waals surface area contributed by atoms with Crippen LogP contribution in [0.15, 0.2) is 60.9 Å². The van der Waals surface area contributed by atoms with E-state index in [9.17, 15) is 9.59 Å². The van der Waals surface area contributed by atoms with Gasteiger partial charge in [-0.1, -0.05) is 43.3 Å². The molecule has 2 aromatic carbocycles. The van der Waals surface area contributed by atoms with E-state index < -0.39 is 6.03 Å². The third-order valence-corrected chi connectivity index (χ3v) is 4.90. The normalized spacial score (nSPS) is 11.4. The summed E-state index contributed by atoms with van der Waals surface area (Å²) in [5, 5.41) is 4.57. The summed E-state index contributed by atoms with van der Waals surface area (Å²) in [7, 11) is 1.60. The molecule has 0 saturated carbocycles. The van der Waals surface area contributed by atoms with E-state index in [0.29, 0.717) is 0 Å². The average molecular weight is 359 g/mol. The topological polar surface area (TPSA) is 82.1 Å². The molecular formula is C21H19N4O2. The molecule has 0 fully saturated rings. The fourth-order valence-electron chi connectivity index (χ4n) is 3.57. The number of nitrogens with zero attached hydrogens (tertiary/aromatic N) is 2. The first-order valence-electron chi connectivity index (χ1n) is 8.59. The number of nitrogens with one attached hydrogen (secondary N) is 1. The quantitative estimate of drug-likeness (QED) is 0.572. The molecule has 6 nitrogen and oxygen atoms in total. The van der Waals surface area contributed by atoms with Crippen molar-refractivity contribution in [2.45, 2.75) is 6.92 Å². The molecule has 0 aliphatic carbocycles. The molecule has 4 rings (SSSR count). The second kappa shape index (κ2) is 6.32. The van der Waals surface area contributed by atoms with Crippen molar-refractivity contribution in [1.29, 1.82) is 0 Å². The fraction of sp³-hybridized carbons (Fsp3) is 0.0952. The smallest absolute Gasteiger partial charge is 0.325 e. The molecule has 135 valence electrons. The van der Waals surface area contributed by atoms with E-state index in [1.807, 2.05) is 61.7 Å². The predicted octanol–water partition coefficient (Wildman–Crippen LogP) is 3.70. The number of benzene rings is 2. The third-order valence-electron chi connectivity index (χ3n) is 4.90. The molecule has 2 aromatic heterocycles. The van der Waals surface area contributed by atoms with Gasteiger partial charge in [-0.15, -0.1) is 0 Å². The van der Waals surface area contributed by atoms with Gasteiger partial charge in [-0.3, -0.25) is 9.13 Å². The lowest BCUT2D eigenvalue weighted by Gasteiger charge is -2.09. The molecule has 6 heteroatoms. The summed E-state index contributed by atoms with van der Waals surface area (Å²) in [5.74, 6) is 0.963. The van der Waals surface area contributed by atoms with Crippen LogP contribution in [-0.2, 0) is 0 Å². The van der Waals surface area contributed by atoms with Gasteiger partial charge in [0.05, 0.1) is 11.0 Å². The Morgan fingerprint density at radius 1 is 0.852 bits per heavy atom. The van der Waals surface area contributed by atoms with Crippen LogP contribution >= 0.6 is 0 Å². The molecule has 0 aliphatic rings. The van der Waals surface area contributed by atoms with Gasteiger partial charge in [-0.2, -0.15) is 0 Å². The fourth-order valence-corrected chi connectivity index (χ4v) is 3.57. The zero-order valence-corrected chi connectivity index (χ0v) is 15.1. The van der Waals surface area contributed by atoms with Gasteiger partial charge in [0.1, 0.15) is 0 Å². The molecule has 0 saturated heterocycles. The van der Waals surface area contributed by atoms with E-state index >= 15 is 0 Å². The van der Waals surface area contributed by atoms with Crippen molar-refractivity contribution in [3.05, 3.63) is 78.0 Å². The molecule has 3 N–H and O–H groups in total. The van der Waals surface area contributed by atoms with Crippen LogP contribution in [-0.4, -0.2) is 28.2 Å². The van der Waals surface area contributed by atoms with Gasteiger partial charge in [-0.25, -0.2) is 9.59 Å². The zero-order chi connectivity index (χ0) is 19.1. The summed E-state index contributed by atoms with van der Waals surface area (Å²) in [4.78, 5) is 24.1. The summed E-state index contributed by atoms with van der Waals surface area (Å²) in [6.45, 7) is 1.99. The maximum absolute atomic E-state index is 12.3. The first kappa shape index (κ1) is 16.9. The maximum atomic E-state index is 12.3. The van der Waals surface area contributed by atoms with Gasteiger partial charge in [0.25, 0.3) is 0 Å². The molecule has 27 heavy (non-hydrogen) atoms. The molecule has 4 aromatic rings. The van der Waals surface area contributed by atoms with Crippen molar-refractivity contribution >= 4 is 33.9 Å². The number of hydrogen-bond acceptors (Lipinski definition) is 2. The van der Waals surface area contributed by atoms with Crippen LogP contribution in [0.1, 0.15) is 18.1 Å². The first-order valence-corrected chi connectivity index (χ1v) is 8.59. The number of hydrogen-bond donors (Lipinski definition) is 2. The minimum absolute atomic E-state index is 0.204. The minimum atomic E-state index is -0.530. The average Bonchev–Trinajstić information content (AvgIpc) is 3.26. The van der Waals surface area contributed by atoms with E-state index in [4.69, 9.17) is 5.73 Å². The van der Waals surface area contributed by atoms with E-state index in [1.165, 1.54) is 4.57 Å². The van der Waals surface area contributed by atoms with E-state index in [0.717, 1.165) is 38.9 Å². The Kier molecular flexibility index (Phi) is 3.96. The van der Waals surface area contributed by atoms with Crippen LogP contribution in [0.3, 0.4) is 0 Å². The SMILES string of the molecule is CNC(=O)n1cc([C](C)c2cn(C(N)=O)c3ccccc23)c2ccccc21. The van der Waals surface area contributed by atoms with Gasteiger partial charge in [0.2, 0.25) is 0 Å². The van der Waals surface area contributed by atoms with Gasteiger partial charge >= 0.3 is 12.1 Å². The second-order valence-corrected chi connectivity index (χ2v) is 6.38. The summed E-state index contributed by atoms with van der Waals surface area (Å²) in [6, 6.07) is 14.6. The van der Waals surface area contributed by atoms with Crippen molar-refractivity contribution in [3.63, 3.8) is 0 Å². The maximum Gasteiger partial charge on any atom is 0.325 e. The first-order chi connectivity index (χ1) is 13.0. The summed E-state index contributed by atoms with van der Waals surface area (Å²) < 4.78 is 3.05. The van der Waals surface area contributed by atoms with Crippen LogP contribution in [0.5, 0.6) is 0 Å². The van der Waals surface area contributed by atoms with E-state index in [1.54, 1.807) is 17.8 Å². The lowest BCUT2D eigenvalue weighted by molar-refractivity contribution is 0.245. The van der Waals surface area contributed by atoms with Crippen molar-refractivity contribution in [2.24, 2.45) is 5.73 Å². The summed E-state index contributed by atoms with van der Waals surface area (Å²) in [5.41, 5.74) is 8.96. The van der Waals surface area contributed by atoms with Gasteiger partial charge in [0, 0.05) is 36.1 Å². The van der Waals surface area contributed by atoms with Gasteiger partial charge in [0.15, 0.2) is 0 Å². The zero-order valence-electron chi connectivity index (χ0n) is 15.1. The highest BCUT2D eigenvalue weighted by atomic mass is 16.2.